The molecule has 0 saturated carbocycles. The molecule has 84 valence electrons. The molecule has 0 bridgehead atoms. The lowest BCUT2D eigenvalue weighted by atomic mass is 10.3. The summed E-state index contributed by atoms with van der Waals surface area (Å²) in [5.74, 6) is 1.33. The summed E-state index contributed by atoms with van der Waals surface area (Å²) >= 11 is 1.48. The topological polar surface area (TPSA) is 90.7 Å². The maximum Gasteiger partial charge on any atom is 0.259 e. The van der Waals surface area contributed by atoms with Crippen molar-refractivity contribution in [2.75, 3.05) is 5.73 Å². The Labute approximate surface area is 100 Å². The van der Waals surface area contributed by atoms with Crippen LogP contribution in [0.4, 0.5) is 5.82 Å². The minimum absolute atomic E-state index is 0.403. The van der Waals surface area contributed by atoms with E-state index >= 15 is 0 Å². The van der Waals surface area contributed by atoms with Gasteiger partial charge < -0.3 is 10.3 Å². The molecule has 0 aromatic carbocycles. The monoisotopic (exact) mass is 245 g/mol. The van der Waals surface area contributed by atoms with Crippen LogP contribution in [0.2, 0.25) is 0 Å². The Balaban J connectivity index is 1.98. The lowest BCUT2D eigenvalue weighted by Gasteiger charge is -1.93. The van der Waals surface area contributed by atoms with Crippen LogP contribution in [0.15, 0.2) is 33.7 Å². The van der Waals surface area contributed by atoms with Crippen molar-refractivity contribution in [3.05, 3.63) is 29.2 Å². The SMILES string of the molecule is Nc1ccc(-c2nc(-c3cscn3)no2)cn1. The fourth-order valence-corrected chi connectivity index (χ4v) is 1.83. The fourth-order valence-electron chi connectivity index (χ4n) is 1.30. The maximum atomic E-state index is 5.50. The summed E-state index contributed by atoms with van der Waals surface area (Å²) in [5.41, 5.74) is 8.65. The molecule has 0 aliphatic carbocycles. The van der Waals surface area contributed by atoms with E-state index in [4.69, 9.17) is 10.3 Å². The van der Waals surface area contributed by atoms with Crippen molar-refractivity contribution in [1.29, 1.82) is 0 Å². The standard InChI is InChI=1S/C10H7N5OS/c11-8-2-1-6(3-12-8)10-14-9(15-16-10)7-4-17-5-13-7/h1-5H,(H2,11,12). The van der Waals surface area contributed by atoms with Crippen molar-refractivity contribution in [2.24, 2.45) is 0 Å². The fraction of sp³-hybridized carbons (Fsp3) is 0. The predicted octanol–water partition coefficient (Wildman–Crippen LogP) is 1.84. The van der Waals surface area contributed by atoms with Crippen LogP contribution in [0.1, 0.15) is 0 Å². The van der Waals surface area contributed by atoms with Gasteiger partial charge in [0.1, 0.15) is 11.5 Å². The van der Waals surface area contributed by atoms with Crippen molar-refractivity contribution in [1.82, 2.24) is 20.1 Å². The Morgan fingerprint density at radius 3 is 2.88 bits per heavy atom. The van der Waals surface area contributed by atoms with E-state index in [9.17, 15) is 0 Å². The predicted molar refractivity (Wildman–Crippen MR) is 63.0 cm³/mol. The second-order valence-corrected chi connectivity index (χ2v) is 3.99. The molecule has 6 nitrogen and oxygen atoms in total. The molecule has 0 spiro atoms. The van der Waals surface area contributed by atoms with Gasteiger partial charge in [0.15, 0.2) is 0 Å². The van der Waals surface area contributed by atoms with Gasteiger partial charge in [-0.2, -0.15) is 4.98 Å². The van der Waals surface area contributed by atoms with Crippen LogP contribution in [0, 0.1) is 0 Å². The average Bonchev–Trinajstić information content (AvgIpc) is 3.00. The van der Waals surface area contributed by atoms with E-state index in [1.165, 1.54) is 11.3 Å². The van der Waals surface area contributed by atoms with E-state index < -0.39 is 0 Å². The summed E-state index contributed by atoms with van der Waals surface area (Å²) in [6.07, 6.45) is 1.59. The molecule has 0 atom stereocenters. The first kappa shape index (κ1) is 9.91. The molecule has 0 amide bonds. The van der Waals surface area contributed by atoms with Gasteiger partial charge >= 0.3 is 0 Å². The third kappa shape index (κ3) is 1.87. The molecule has 3 heterocycles. The molecule has 0 aliphatic rings. The zero-order valence-electron chi connectivity index (χ0n) is 8.57. The van der Waals surface area contributed by atoms with E-state index in [0.717, 1.165) is 5.56 Å². The van der Waals surface area contributed by atoms with Gasteiger partial charge in [0, 0.05) is 11.6 Å². The lowest BCUT2D eigenvalue weighted by molar-refractivity contribution is 0.432. The molecule has 2 N–H and O–H groups in total. The van der Waals surface area contributed by atoms with E-state index in [2.05, 4.69) is 20.1 Å². The van der Waals surface area contributed by atoms with Crippen LogP contribution in [-0.2, 0) is 0 Å². The van der Waals surface area contributed by atoms with Gasteiger partial charge in [-0.05, 0) is 12.1 Å². The molecule has 0 radical (unpaired) electrons. The molecule has 0 fully saturated rings. The molecular formula is C10H7N5OS. The highest BCUT2D eigenvalue weighted by molar-refractivity contribution is 7.07. The van der Waals surface area contributed by atoms with Crippen LogP contribution in [0.5, 0.6) is 0 Å². The molecule has 0 saturated heterocycles. The average molecular weight is 245 g/mol. The van der Waals surface area contributed by atoms with E-state index in [0.29, 0.717) is 23.2 Å². The van der Waals surface area contributed by atoms with Gasteiger partial charge in [0.2, 0.25) is 5.82 Å². The summed E-state index contributed by atoms with van der Waals surface area (Å²) in [6, 6.07) is 3.46. The summed E-state index contributed by atoms with van der Waals surface area (Å²) in [5, 5.41) is 5.71. The molecule has 3 aromatic rings. The molecule has 17 heavy (non-hydrogen) atoms. The Kier molecular flexibility index (Phi) is 2.30. The minimum Gasteiger partial charge on any atom is -0.384 e. The molecule has 0 unspecified atom stereocenters. The quantitative estimate of drug-likeness (QED) is 0.740. The van der Waals surface area contributed by atoms with Crippen molar-refractivity contribution >= 4 is 17.2 Å². The minimum atomic E-state index is 0.403. The lowest BCUT2D eigenvalue weighted by Crippen LogP contribution is -1.89. The molecule has 3 aromatic heterocycles. The number of nitrogen functional groups attached to an aromatic ring is 1. The number of aromatic nitrogens is 4. The number of hydrogen-bond acceptors (Lipinski definition) is 7. The number of thiazole rings is 1. The van der Waals surface area contributed by atoms with E-state index in [1.54, 1.807) is 23.8 Å². The van der Waals surface area contributed by atoms with E-state index in [-0.39, 0.29) is 0 Å². The highest BCUT2D eigenvalue weighted by atomic mass is 32.1. The van der Waals surface area contributed by atoms with Gasteiger partial charge in [-0.25, -0.2) is 9.97 Å². The van der Waals surface area contributed by atoms with Gasteiger partial charge in [-0.15, -0.1) is 11.3 Å². The Hall–Kier alpha value is -2.28. The number of anilines is 1. The molecular weight excluding hydrogens is 238 g/mol. The second kappa shape index (κ2) is 3.95. The number of nitrogens with two attached hydrogens (primary N) is 1. The van der Waals surface area contributed by atoms with Gasteiger partial charge in [0.05, 0.1) is 11.1 Å². The van der Waals surface area contributed by atoms with Crippen LogP contribution >= 0.6 is 11.3 Å². The molecule has 7 heteroatoms. The third-order valence-corrected chi connectivity index (χ3v) is 2.71. The Morgan fingerprint density at radius 1 is 1.24 bits per heavy atom. The van der Waals surface area contributed by atoms with Crippen LogP contribution in [0.3, 0.4) is 0 Å². The van der Waals surface area contributed by atoms with Crippen LogP contribution in [-0.4, -0.2) is 20.1 Å². The number of hydrogen-bond donors (Lipinski definition) is 1. The Bertz CT molecular complexity index is 616. The van der Waals surface area contributed by atoms with Crippen molar-refractivity contribution in [2.45, 2.75) is 0 Å². The van der Waals surface area contributed by atoms with Gasteiger partial charge in [-0.1, -0.05) is 5.16 Å². The highest BCUT2D eigenvalue weighted by Gasteiger charge is 2.11. The first-order valence-electron chi connectivity index (χ1n) is 4.77. The van der Waals surface area contributed by atoms with Crippen LogP contribution < -0.4 is 5.73 Å². The smallest absolute Gasteiger partial charge is 0.259 e. The number of nitrogens with zero attached hydrogens (tertiary/aromatic N) is 4. The van der Waals surface area contributed by atoms with Crippen molar-refractivity contribution in [3.63, 3.8) is 0 Å². The summed E-state index contributed by atoms with van der Waals surface area (Å²) < 4.78 is 5.14. The summed E-state index contributed by atoms with van der Waals surface area (Å²) in [4.78, 5) is 12.3. The Morgan fingerprint density at radius 2 is 2.18 bits per heavy atom. The zero-order valence-corrected chi connectivity index (χ0v) is 9.39. The van der Waals surface area contributed by atoms with Crippen molar-refractivity contribution < 1.29 is 4.52 Å². The second-order valence-electron chi connectivity index (χ2n) is 3.27. The highest BCUT2D eigenvalue weighted by Crippen LogP contribution is 2.21. The summed E-state index contributed by atoms with van der Waals surface area (Å²) in [6.45, 7) is 0. The van der Waals surface area contributed by atoms with E-state index in [1.807, 2.05) is 5.38 Å². The number of rotatable bonds is 2. The van der Waals surface area contributed by atoms with Crippen LogP contribution in [0.25, 0.3) is 23.0 Å². The number of pyridine rings is 1. The van der Waals surface area contributed by atoms with Gasteiger partial charge in [0.25, 0.3) is 5.89 Å². The van der Waals surface area contributed by atoms with Crippen molar-refractivity contribution in [3.8, 4) is 23.0 Å². The third-order valence-electron chi connectivity index (χ3n) is 2.12. The zero-order chi connectivity index (χ0) is 11.7. The molecule has 0 aliphatic heterocycles. The maximum absolute atomic E-state index is 5.50. The first-order valence-corrected chi connectivity index (χ1v) is 5.71. The molecule has 3 rings (SSSR count). The first-order chi connectivity index (χ1) is 8.33. The van der Waals surface area contributed by atoms with Gasteiger partial charge in [-0.3, -0.25) is 0 Å². The normalized spacial score (nSPS) is 10.6. The summed E-state index contributed by atoms with van der Waals surface area (Å²) in [7, 11) is 0. The largest absolute Gasteiger partial charge is 0.384 e.